The van der Waals surface area contributed by atoms with Gasteiger partial charge >= 0.3 is 6.03 Å². The average Bonchev–Trinajstić information content (AvgIpc) is 2.63. The number of urea groups is 1. The zero-order valence-electron chi connectivity index (χ0n) is 14.2. The van der Waals surface area contributed by atoms with E-state index in [2.05, 4.69) is 26.2 Å². The highest BCUT2D eigenvalue weighted by atomic mass is 79.9. The number of nitrogens with one attached hydrogen (secondary N) is 1. The first-order valence-electron chi connectivity index (χ1n) is 8.46. The number of benzene rings is 1. The van der Waals surface area contributed by atoms with Crippen molar-refractivity contribution in [3.8, 4) is 0 Å². The van der Waals surface area contributed by atoms with E-state index in [1.807, 2.05) is 54.3 Å². The van der Waals surface area contributed by atoms with Gasteiger partial charge in [-0.25, -0.2) is 4.79 Å². The van der Waals surface area contributed by atoms with Crippen molar-refractivity contribution in [2.24, 2.45) is 0 Å². The van der Waals surface area contributed by atoms with Gasteiger partial charge < -0.3 is 15.0 Å². The number of hydrogen-bond donors (Lipinski definition) is 1. The monoisotopic (exact) mass is 403 g/mol. The summed E-state index contributed by atoms with van der Waals surface area (Å²) in [7, 11) is 0. The van der Waals surface area contributed by atoms with Gasteiger partial charge in [0, 0.05) is 35.9 Å². The third-order valence-electron chi connectivity index (χ3n) is 4.40. The lowest BCUT2D eigenvalue weighted by atomic mass is 10.0. The molecule has 3 rings (SSSR count). The smallest absolute Gasteiger partial charge is 0.317 e. The molecule has 132 valence electrons. The number of aromatic nitrogens is 1. The average molecular weight is 404 g/mol. The summed E-state index contributed by atoms with van der Waals surface area (Å²) in [6, 6.07) is 13.8. The number of carbonyl (C=O) groups is 1. The summed E-state index contributed by atoms with van der Waals surface area (Å²) in [5.74, 6) is 0. The molecule has 0 aliphatic carbocycles. The molecule has 2 unspecified atom stereocenters. The molecule has 1 aromatic carbocycles. The Morgan fingerprint density at radius 2 is 2.12 bits per heavy atom. The van der Waals surface area contributed by atoms with Crippen LogP contribution in [0.1, 0.15) is 24.3 Å². The number of pyridine rings is 1. The zero-order valence-corrected chi connectivity index (χ0v) is 15.8. The quantitative estimate of drug-likeness (QED) is 0.848. The maximum Gasteiger partial charge on any atom is 0.317 e. The standard InChI is InChI=1S/C19H22BrN3O2/c1-14-18(15-5-7-16(20)8-6-15)25-13-12-23(14)19(24)22-11-9-17-4-2-3-10-21-17/h2-8,10,14,18H,9,11-13H2,1H3,(H,22,24). The van der Waals surface area contributed by atoms with Gasteiger partial charge in [-0.3, -0.25) is 4.98 Å². The van der Waals surface area contributed by atoms with Gasteiger partial charge in [-0.1, -0.05) is 34.1 Å². The molecule has 6 heteroatoms. The van der Waals surface area contributed by atoms with E-state index in [1.165, 1.54) is 0 Å². The van der Waals surface area contributed by atoms with Crippen LogP contribution in [0.25, 0.3) is 0 Å². The number of halogens is 1. The SMILES string of the molecule is CC1C(c2ccc(Br)cc2)OCCN1C(=O)NCCc1ccccn1. The summed E-state index contributed by atoms with van der Waals surface area (Å²) < 4.78 is 6.95. The minimum absolute atomic E-state index is 0.0234. The lowest BCUT2D eigenvalue weighted by molar-refractivity contribution is -0.0497. The van der Waals surface area contributed by atoms with Gasteiger partial charge in [-0.15, -0.1) is 0 Å². The van der Waals surface area contributed by atoms with Crippen LogP contribution in [0.3, 0.4) is 0 Å². The van der Waals surface area contributed by atoms with E-state index in [0.717, 1.165) is 22.2 Å². The molecule has 1 fully saturated rings. The Morgan fingerprint density at radius 3 is 2.84 bits per heavy atom. The molecule has 1 saturated heterocycles. The first kappa shape index (κ1) is 17.9. The van der Waals surface area contributed by atoms with Gasteiger partial charge in [-0.2, -0.15) is 0 Å². The summed E-state index contributed by atoms with van der Waals surface area (Å²) in [6.07, 6.45) is 2.38. The second-order valence-electron chi connectivity index (χ2n) is 6.08. The van der Waals surface area contributed by atoms with E-state index in [9.17, 15) is 4.79 Å². The number of carbonyl (C=O) groups excluding carboxylic acids is 1. The van der Waals surface area contributed by atoms with Crippen molar-refractivity contribution in [1.82, 2.24) is 15.2 Å². The summed E-state index contributed by atoms with van der Waals surface area (Å²) in [5, 5.41) is 3.00. The third-order valence-corrected chi connectivity index (χ3v) is 4.93. The number of rotatable bonds is 4. The summed E-state index contributed by atoms with van der Waals surface area (Å²) >= 11 is 3.45. The van der Waals surface area contributed by atoms with Gasteiger partial charge in [-0.05, 0) is 36.8 Å². The van der Waals surface area contributed by atoms with Gasteiger partial charge in [0.2, 0.25) is 0 Å². The Kier molecular flexibility index (Phi) is 6.04. The maximum absolute atomic E-state index is 12.6. The number of ether oxygens (including phenoxy) is 1. The molecule has 2 aromatic rings. The Balaban J connectivity index is 1.57. The minimum atomic E-state index is -0.108. The fourth-order valence-electron chi connectivity index (χ4n) is 3.04. The number of nitrogens with zero attached hydrogens (tertiary/aromatic N) is 2. The fourth-order valence-corrected chi connectivity index (χ4v) is 3.31. The largest absolute Gasteiger partial charge is 0.370 e. The van der Waals surface area contributed by atoms with Crippen LogP contribution in [0.2, 0.25) is 0 Å². The molecule has 1 aromatic heterocycles. The molecule has 25 heavy (non-hydrogen) atoms. The molecular formula is C19H22BrN3O2. The van der Waals surface area contributed by atoms with Crippen LogP contribution in [0.4, 0.5) is 4.79 Å². The molecule has 2 atom stereocenters. The van der Waals surface area contributed by atoms with E-state index >= 15 is 0 Å². The molecule has 1 aliphatic heterocycles. The van der Waals surface area contributed by atoms with Crippen LogP contribution in [-0.2, 0) is 11.2 Å². The van der Waals surface area contributed by atoms with Crippen molar-refractivity contribution in [2.75, 3.05) is 19.7 Å². The van der Waals surface area contributed by atoms with Crippen LogP contribution >= 0.6 is 15.9 Å². The topological polar surface area (TPSA) is 54.5 Å². The maximum atomic E-state index is 12.6. The first-order chi connectivity index (χ1) is 12.1. The number of morpholine rings is 1. The number of amides is 2. The highest BCUT2D eigenvalue weighted by Crippen LogP contribution is 2.29. The third kappa shape index (κ3) is 4.58. The van der Waals surface area contributed by atoms with E-state index in [-0.39, 0.29) is 18.2 Å². The minimum Gasteiger partial charge on any atom is -0.370 e. The predicted octanol–water partition coefficient (Wildman–Crippen LogP) is 3.56. The Bertz CT molecular complexity index is 694. The van der Waals surface area contributed by atoms with Gasteiger partial charge in [0.1, 0.15) is 6.10 Å². The molecule has 0 saturated carbocycles. The van der Waals surface area contributed by atoms with E-state index in [0.29, 0.717) is 19.7 Å². The highest BCUT2D eigenvalue weighted by molar-refractivity contribution is 9.10. The molecule has 1 N–H and O–H groups in total. The Labute approximate surface area is 156 Å². The lowest BCUT2D eigenvalue weighted by Crippen LogP contribution is -2.52. The van der Waals surface area contributed by atoms with Crippen molar-refractivity contribution in [1.29, 1.82) is 0 Å². The molecule has 2 amide bonds. The van der Waals surface area contributed by atoms with Crippen molar-refractivity contribution < 1.29 is 9.53 Å². The fraction of sp³-hybridized carbons (Fsp3) is 0.368. The molecular weight excluding hydrogens is 382 g/mol. The summed E-state index contributed by atoms with van der Waals surface area (Å²) in [5.41, 5.74) is 2.06. The van der Waals surface area contributed by atoms with Crippen LogP contribution in [-0.4, -0.2) is 41.7 Å². The Hall–Kier alpha value is -1.92. The lowest BCUT2D eigenvalue weighted by Gasteiger charge is -2.39. The molecule has 0 radical (unpaired) electrons. The summed E-state index contributed by atoms with van der Waals surface area (Å²) in [4.78, 5) is 18.7. The van der Waals surface area contributed by atoms with E-state index in [4.69, 9.17) is 4.74 Å². The van der Waals surface area contributed by atoms with Crippen LogP contribution < -0.4 is 5.32 Å². The molecule has 0 spiro atoms. The zero-order chi connectivity index (χ0) is 17.6. The van der Waals surface area contributed by atoms with Crippen LogP contribution in [0.15, 0.2) is 53.1 Å². The van der Waals surface area contributed by atoms with Crippen molar-refractivity contribution in [3.63, 3.8) is 0 Å². The van der Waals surface area contributed by atoms with Crippen molar-refractivity contribution in [2.45, 2.75) is 25.5 Å². The Morgan fingerprint density at radius 1 is 1.32 bits per heavy atom. The summed E-state index contributed by atoms with van der Waals surface area (Å²) in [6.45, 7) is 3.75. The highest BCUT2D eigenvalue weighted by Gasteiger charge is 2.32. The van der Waals surface area contributed by atoms with E-state index < -0.39 is 0 Å². The first-order valence-corrected chi connectivity index (χ1v) is 9.26. The van der Waals surface area contributed by atoms with Gasteiger partial charge in [0.05, 0.1) is 12.6 Å². The molecule has 5 nitrogen and oxygen atoms in total. The second-order valence-corrected chi connectivity index (χ2v) is 7.00. The van der Waals surface area contributed by atoms with Gasteiger partial charge in [0.25, 0.3) is 0 Å². The van der Waals surface area contributed by atoms with Crippen molar-refractivity contribution >= 4 is 22.0 Å². The molecule has 2 heterocycles. The van der Waals surface area contributed by atoms with Crippen molar-refractivity contribution in [3.05, 3.63) is 64.4 Å². The van der Waals surface area contributed by atoms with Crippen LogP contribution in [0, 0.1) is 0 Å². The van der Waals surface area contributed by atoms with E-state index in [1.54, 1.807) is 6.20 Å². The number of hydrogen-bond acceptors (Lipinski definition) is 3. The molecule has 1 aliphatic rings. The predicted molar refractivity (Wildman–Crippen MR) is 100 cm³/mol. The second kappa shape index (κ2) is 8.45. The van der Waals surface area contributed by atoms with Gasteiger partial charge in [0.15, 0.2) is 0 Å². The molecule has 0 bridgehead atoms. The normalized spacial score (nSPS) is 20.3. The van der Waals surface area contributed by atoms with Crippen LogP contribution in [0.5, 0.6) is 0 Å².